The summed E-state index contributed by atoms with van der Waals surface area (Å²) in [6.07, 6.45) is 0.602. The van der Waals surface area contributed by atoms with Crippen LogP contribution in [0.3, 0.4) is 0 Å². The van der Waals surface area contributed by atoms with Crippen LogP contribution < -0.4 is 0 Å². The lowest BCUT2D eigenvalue weighted by Crippen LogP contribution is -2.43. The zero-order valence-electron chi connectivity index (χ0n) is 11.9. The Labute approximate surface area is 122 Å². The van der Waals surface area contributed by atoms with Gasteiger partial charge in [0.1, 0.15) is 11.8 Å². The Morgan fingerprint density at radius 2 is 1.38 bits per heavy atom. The topological polar surface area (TPSA) is 69.7 Å². The molecule has 0 radical (unpaired) electrons. The van der Waals surface area contributed by atoms with E-state index in [0.29, 0.717) is 6.42 Å². The van der Waals surface area contributed by atoms with Crippen molar-refractivity contribution in [3.8, 4) is 0 Å². The summed E-state index contributed by atoms with van der Waals surface area (Å²) in [5, 5.41) is 0. The molecule has 5 heteroatoms. The molecular formula is C16H16O5. The lowest BCUT2D eigenvalue weighted by atomic mass is 9.71. The third kappa shape index (κ3) is 1.87. The number of hydrogen-bond acceptors (Lipinski definition) is 5. The molecule has 1 fully saturated rings. The van der Waals surface area contributed by atoms with Crippen molar-refractivity contribution >= 4 is 17.7 Å². The zero-order valence-corrected chi connectivity index (χ0v) is 11.9. The highest BCUT2D eigenvalue weighted by atomic mass is 16.5. The number of benzene rings is 1. The van der Waals surface area contributed by atoms with Crippen LogP contribution >= 0.6 is 0 Å². The van der Waals surface area contributed by atoms with Gasteiger partial charge in [-0.15, -0.1) is 0 Å². The molecule has 2 aliphatic rings. The van der Waals surface area contributed by atoms with Crippen molar-refractivity contribution in [1.82, 2.24) is 0 Å². The monoisotopic (exact) mass is 288 g/mol. The van der Waals surface area contributed by atoms with E-state index in [4.69, 9.17) is 9.47 Å². The van der Waals surface area contributed by atoms with Crippen molar-refractivity contribution in [2.45, 2.75) is 18.3 Å². The van der Waals surface area contributed by atoms with Crippen LogP contribution in [-0.4, -0.2) is 31.9 Å². The van der Waals surface area contributed by atoms with E-state index in [1.165, 1.54) is 14.2 Å². The number of carbonyl (C=O) groups excluding carboxylic acids is 3. The number of hydrogen-bond donors (Lipinski definition) is 0. The zero-order chi connectivity index (χ0) is 15.1. The summed E-state index contributed by atoms with van der Waals surface area (Å²) in [5.74, 6) is -3.77. The average molecular weight is 288 g/mol. The fourth-order valence-electron chi connectivity index (χ4n) is 3.75. The Kier molecular flexibility index (Phi) is 3.27. The van der Waals surface area contributed by atoms with E-state index in [1.807, 2.05) is 24.3 Å². The van der Waals surface area contributed by atoms with Crippen LogP contribution in [-0.2, 0) is 23.9 Å². The Morgan fingerprint density at radius 3 is 1.76 bits per heavy atom. The first kappa shape index (κ1) is 13.8. The third-order valence-electron chi connectivity index (χ3n) is 4.63. The largest absolute Gasteiger partial charge is 0.468 e. The van der Waals surface area contributed by atoms with Crippen molar-refractivity contribution in [2.75, 3.05) is 14.2 Å². The second-order valence-electron chi connectivity index (χ2n) is 5.48. The number of esters is 2. The number of methoxy groups -OCH3 is 2. The van der Waals surface area contributed by atoms with Gasteiger partial charge < -0.3 is 9.47 Å². The van der Waals surface area contributed by atoms with Gasteiger partial charge in [0.05, 0.1) is 14.2 Å². The number of ether oxygens (including phenoxy) is 2. The van der Waals surface area contributed by atoms with E-state index in [2.05, 4.69) is 0 Å². The van der Waals surface area contributed by atoms with E-state index in [0.717, 1.165) is 11.1 Å². The van der Waals surface area contributed by atoms with Gasteiger partial charge in [-0.05, 0) is 17.5 Å². The molecule has 0 N–H and O–H groups in total. The summed E-state index contributed by atoms with van der Waals surface area (Å²) < 4.78 is 9.55. The molecule has 0 aliphatic heterocycles. The lowest BCUT2D eigenvalue weighted by Gasteiger charge is -2.31. The number of rotatable bonds is 2. The van der Waals surface area contributed by atoms with E-state index in [9.17, 15) is 14.4 Å². The van der Waals surface area contributed by atoms with E-state index < -0.39 is 23.8 Å². The molecule has 0 spiro atoms. The predicted molar refractivity (Wildman–Crippen MR) is 72.6 cm³/mol. The first-order chi connectivity index (χ1) is 10.1. The molecule has 0 saturated heterocycles. The number of carbonyl (C=O) groups is 3. The van der Waals surface area contributed by atoms with Gasteiger partial charge in [-0.1, -0.05) is 24.3 Å². The van der Waals surface area contributed by atoms with Crippen molar-refractivity contribution in [2.24, 2.45) is 11.8 Å². The number of ketones is 1. The minimum atomic E-state index is -0.918. The molecule has 1 saturated carbocycles. The van der Waals surface area contributed by atoms with Crippen LogP contribution in [0.1, 0.15) is 29.4 Å². The molecule has 0 amide bonds. The van der Waals surface area contributed by atoms with Crippen LogP contribution in [0.5, 0.6) is 0 Å². The molecule has 1 aromatic carbocycles. The number of Topliss-reactive ketones (excluding diaryl/α,β-unsaturated/α-hetero) is 1. The smallest absolute Gasteiger partial charge is 0.316 e. The summed E-state index contributed by atoms with van der Waals surface area (Å²) in [4.78, 5) is 36.7. The average Bonchev–Trinajstić information content (AvgIpc) is 2.83. The summed E-state index contributed by atoms with van der Waals surface area (Å²) >= 11 is 0. The molecule has 0 aromatic heterocycles. The Balaban J connectivity index is 2.13. The molecule has 0 heterocycles. The molecule has 2 aliphatic carbocycles. The predicted octanol–water partition coefficient (Wildman–Crippen LogP) is 1.42. The SMILES string of the molecule is COC(=O)[C@@H]1C(=O)[C@H](C(=O)OC)[C@H]2C[C@H]1c1ccccc12. The number of fused-ring (bicyclic) bond motifs is 5. The molecule has 5 nitrogen and oxygen atoms in total. The summed E-state index contributed by atoms with van der Waals surface area (Å²) in [6, 6.07) is 7.60. The van der Waals surface area contributed by atoms with Gasteiger partial charge in [-0.3, -0.25) is 14.4 Å². The Hall–Kier alpha value is -2.17. The standard InChI is InChI=1S/C16H16O5/c1-20-15(18)12-10-7-11(9-6-4-3-5-8(9)10)13(14(12)17)16(19)21-2/h3-6,10-13H,7H2,1-2H3/t10-,11-,12-,13+/m0/s1. The quantitative estimate of drug-likeness (QED) is 0.608. The maximum absolute atomic E-state index is 12.7. The van der Waals surface area contributed by atoms with Crippen LogP contribution in [0, 0.1) is 11.8 Å². The molecule has 0 unspecified atom stereocenters. The van der Waals surface area contributed by atoms with Gasteiger partial charge in [0.2, 0.25) is 0 Å². The van der Waals surface area contributed by atoms with Gasteiger partial charge in [0.15, 0.2) is 5.78 Å². The van der Waals surface area contributed by atoms with E-state index in [1.54, 1.807) is 0 Å². The van der Waals surface area contributed by atoms with E-state index in [-0.39, 0.29) is 17.6 Å². The molecule has 110 valence electrons. The van der Waals surface area contributed by atoms with Gasteiger partial charge in [0.25, 0.3) is 0 Å². The molecule has 4 atom stereocenters. The lowest BCUT2D eigenvalue weighted by molar-refractivity contribution is -0.159. The Bertz CT molecular complexity index is 570. The van der Waals surface area contributed by atoms with Crippen molar-refractivity contribution in [3.05, 3.63) is 35.4 Å². The molecule has 2 bridgehead atoms. The maximum Gasteiger partial charge on any atom is 0.316 e. The first-order valence-corrected chi connectivity index (χ1v) is 6.88. The minimum Gasteiger partial charge on any atom is -0.468 e. The summed E-state index contributed by atoms with van der Waals surface area (Å²) in [5.41, 5.74) is 1.94. The highest BCUT2D eigenvalue weighted by Gasteiger charge is 2.56. The van der Waals surface area contributed by atoms with Crippen molar-refractivity contribution in [3.63, 3.8) is 0 Å². The Morgan fingerprint density at radius 1 is 0.952 bits per heavy atom. The highest BCUT2D eigenvalue weighted by molar-refractivity contribution is 6.11. The summed E-state index contributed by atoms with van der Waals surface area (Å²) in [6.45, 7) is 0. The highest BCUT2D eigenvalue weighted by Crippen LogP contribution is 2.54. The minimum absolute atomic E-state index is 0.202. The van der Waals surface area contributed by atoms with Crippen LogP contribution in [0.25, 0.3) is 0 Å². The molecule has 1 aromatic rings. The van der Waals surface area contributed by atoms with Gasteiger partial charge >= 0.3 is 11.9 Å². The van der Waals surface area contributed by atoms with E-state index >= 15 is 0 Å². The first-order valence-electron chi connectivity index (χ1n) is 6.88. The fourth-order valence-corrected chi connectivity index (χ4v) is 3.75. The van der Waals surface area contributed by atoms with Crippen LogP contribution in [0.15, 0.2) is 24.3 Å². The molecule has 3 rings (SSSR count). The molecular weight excluding hydrogens is 272 g/mol. The molecule has 21 heavy (non-hydrogen) atoms. The van der Waals surface area contributed by atoms with Gasteiger partial charge in [-0.25, -0.2) is 0 Å². The van der Waals surface area contributed by atoms with Crippen molar-refractivity contribution < 1.29 is 23.9 Å². The second-order valence-corrected chi connectivity index (χ2v) is 5.48. The van der Waals surface area contributed by atoms with Crippen LogP contribution in [0.2, 0.25) is 0 Å². The second kappa shape index (κ2) is 4.98. The normalized spacial score (nSPS) is 29.7. The fraction of sp³-hybridized carbons (Fsp3) is 0.438. The van der Waals surface area contributed by atoms with Crippen molar-refractivity contribution in [1.29, 1.82) is 0 Å². The van der Waals surface area contributed by atoms with Gasteiger partial charge in [0, 0.05) is 11.8 Å². The third-order valence-corrected chi connectivity index (χ3v) is 4.63. The summed E-state index contributed by atoms with van der Waals surface area (Å²) in [7, 11) is 2.52. The van der Waals surface area contributed by atoms with Gasteiger partial charge in [-0.2, -0.15) is 0 Å². The maximum atomic E-state index is 12.7. The van der Waals surface area contributed by atoms with Crippen LogP contribution in [0.4, 0.5) is 0 Å².